The van der Waals surface area contributed by atoms with Gasteiger partial charge in [0.1, 0.15) is 0 Å². The number of nitrogens with zero attached hydrogens (tertiary/aromatic N) is 3. The number of hydrogen-bond acceptors (Lipinski definition) is 3. The van der Waals surface area contributed by atoms with Gasteiger partial charge in [0.25, 0.3) is 0 Å². The molecule has 0 saturated carbocycles. The van der Waals surface area contributed by atoms with Gasteiger partial charge in [0, 0.05) is 13.6 Å². The molecule has 0 aliphatic carbocycles. The Hall–Kier alpha value is -2.14. The molecule has 2 heterocycles. The van der Waals surface area contributed by atoms with E-state index in [-0.39, 0.29) is 11.9 Å². The van der Waals surface area contributed by atoms with Crippen LogP contribution >= 0.6 is 0 Å². The van der Waals surface area contributed by atoms with Crippen molar-refractivity contribution in [2.75, 3.05) is 13.6 Å². The third kappa shape index (κ3) is 4.73. The molecule has 1 aromatic heterocycles. The molecule has 0 radical (unpaired) electrons. The lowest BCUT2D eigenvalue weighted by atomic mass is 10.00. The number of nitrogens with one attached hydrogen (secondary N) is 1. The molecule has 1 aliphatic heterocycles. The van der Waals surface area contributed by atoms with Crippen LogP contribution in [0.15, 0.2) is 36.4 Å². The number of aromatic nitrogens is 2. The fourth-order valence-electron chi connectivity index (χ4n) is 3.74. The maximum absolute atomic E-state index is 13.1. The fourth-order valence-corrected chi connectivity index (χ4v) is 3.74. The Morgan fingerprint density at radius 2 is 2.12 bits per heavy atom. The highest BCUT2D eigenvalue weighted by molar-refractivity contribution is 5.81. The molecule has 1 amide bonds. The minimum absolute atomic E-state index is 0.0213. The Kier molecular flexibility index (Phi) is 6.45. The molecular weight excluding hydrogens is 324 g/mol. The average molecular weight is 354 g/mol. The standard InChI is InChI=1S/C21H30N4O/c1-3-9-18-14-19(23-22-18)16-24(2)21(26)20-12-7-8-13-25(20)15-17-10-5-4-6-11-17/h4-6,10-11,14,20H,3,7-9,12-13,15-16H2,1-2H3,(H,22,23)/t20-/m1/s1. The van der Waals surface area contributed by atoms with Crippen LogP contribution in [0.1, 0.15) is 49.6 Å². The zero-order valence-corrected chi connectivity index (χ0v) is 15.9. The van der Waals surface area contributed by atoms with Crippen LogP contribution in [0.5, 0.6) is 0 Å². The van der Waals surface area contributed by atoms with Gasteiger partial charge >= 0.3 is 0 Å². The fraction of sp³-hybridized carbons (Fsp3) is 0.524. The Morgan fingerprint density at radius 3 is 2.88 bits per heavy atom. The summed E-state index contributed by atoms with van der Waals surface area (Å²) < 4.78 is 0. The highest BCUT2D eigenvalue weighted by Gasteiger charge is 2.30. The second-order valence-electron chi connectivity index (χ2n) is 7.30. The molecule has 5 heteroatoms. The summed E-state index contributed by atoms with van der Waals surface area (Å²) in [5, 5.41) is 7.40. The van der Waals surface area contributed by atoms with Crippen molar-refractivity contribution >= 4 is 5.91 Å². The third-order valence-electron chi connectivity index (χ3n) is 5.10. The van der Waals surface area contributed by atoms with Gasteiger partial charge in [-0.3, -0.25) is 14.8 Å². The van der Waals surface area contributed by atoms with Gasteiger partial charge in [-0.15, -0.1) is 0 Å². The van der Waals surface area contributed by atoms with Gasteiger partial charge in [-0.05, 0) is 37.4 Å². The molecule has 1 N–H and O–H groups in total. The van der Waals surface area contributed by atoms with Crippen molar-refractivity contribution in [2.24, 2.45) is 0 Å². The molecule has 0 bridgehead atoms. The quantitative estimate of drug-likeness (QED) is 0.829. The largest absolute Gasteiger partial charge is 0.339 e. The molecule has 1 fully saturated rings. The van der Waals surface area contributed by atoms with Gasteiger partial charge in [0.2, 0.25) is 5.91 Å². The summed E-state index contributed by atoms with van der Waals surface area (Å²) in [6.45, 7) is 4.57. The van der Waals surface area contributed by atoms with Crippen molar-refractivity contribution in [3.8, 4) is 0 Å². The molecule has 1 aliphatic rings. The Labute approximate surface area is 156 Å². The Balaban J connectivity index is 1.63. The number of rotatable bonds is 7. The van der Waals surface area contributed by atoms with Crippen molar-refractivity contribution in [1.29, 1.82) is 0 Å². The molecule has 0 unspecified atom stereocenters. The molecule has 1 aromatic carbocycles. The molecule has 26 heavy (non-hydrogen) atoms. The number of carbonyl (C=O) groups is 1. The summed E-state index contributed by atoms with van der Waals surface area (Å²) in [4.78, 5) is 17.3. The number of carbonyl (C=O) groups excluding carboxylic acids is 1. The summed E-state index contributed by atoms with van der Waals surface area (Å²) in [5.41, 5.74) is 3.36. The number of piperidine rings is 1. The summed E-state index contributed by atoms with van der Waals surface area (Å²) >= 11 is 0. The number of benzene rings is 1. The van der Waals surface area contributed by atoms with Crippen molar-refractivity contribution in [1.82, 2.24) is 20.0 Å². The Bertz CT molecular complexity index is 697. The summed E-state index contributed by atoms with van der Waals surface area (Å²) in [7, 11) is 1.90. The lowest BCUT2D eigenvalue weighted by Gasteiger charge is -2.36. The topological polar surface area (TPSA) is 52.2 Å². The number of aryl methyl sites for hydroxylation is 1. The van der Waals surface area contributed by atoms with E-state index in [1.54, 1.807) is 0 Å². The van der Waals surface area contributed by atoms with Crippen LogP contribution < -0.4 is 0 Å². The highest BCUT2D eigenvalue weighted by atomic mass is 16.2. The van der Waals surface area contributed by atoms with Crippen molar-refractivity contribution in [2.45, 2.75) is 58.2 Å². The van der Waals surface area contributed by atoms with Gasteiger partial charge in [-0.25, -0.2) is 0 Å². The maximum atomic E-state index is 13.1. The number of hydrogen-bond donors (Lipinski definition) is 1. The predicted molar refractivity (Wildman–Crippen MR) is 104 cm³/mol. The van der Waals surface area contributed by atoms with Gasteiger partial charge in [0.05, 0.1) is 24.0 Å². The number of amides is 1. The van der Waals surface area contributed by atoms with E-state index in [2.05, 4.69) is 52.4 Å². The zero-order chi connectivity index (χ0) is 18.4. The Morgan fingerprint density at radius 1 is 1.31 bits per heavy atom. The second kappa shape index (κ2) is 8.99. The number of likely N-dealkylation sites (tertiary alicyclic amines) is 1. The van der Waals surface area contributed by atoms with E-state index in [0.717, 1.165) is 50.2 Å². The molecule has 2 aromatic rings. The van der Waals surface area contributed by atoms with E-state index >= 15 is 0 Å². The van der Waals surface area contributed by atoms with Crippen LogP contribution in [0.4, 0.5) is 0 Å². The SMILES string of the molecule is CCCc1cc(CN(C)C(=O)[C@H]2CCCCN2Cc2ccccc2)[nH]n1. The van der Waals surface area contributed by atoms with Crippen molar-refractivity contribution < 1.29 is 4.79 Å². The molecule has 1 atom stereocenters. The van der Waals surface area contributed by atoms with Crippen LogP contribution in [0, 0.1) is 0 Å². The first-order valence-electron chi connectivity index (χ1n) is 9.73. The lowest BCUT2D eigenvalue weighted by molar-refractivity contribution is -0.137. The van der Waals surface area contributed by atoms with E-state index in [1.165, 1.54) is 12.0 Å². The second-order valence-corrected chi connectivity index (χ2v) is 7.30. The van der Waals surface area contributed by atoms with Crippen molar-refractivity contribution in [3.05, 3.63) is 53.3 Å². The molecule has 0 spiro atoms. The number of aromatic amines is 1. The van der Waals surface area contributed by atoms with Gasteiger partial charge in [0.15, 0.2) is 0 Å². The normalized spacial score (nSPS) is 18.0. The number of H-pyrrole nitrogens is 1. The third-order valence-corrected chi connectivity index (χ3v) is 5.10. The molecular formula is C21H30N4O. The van der Waals surface area contributed by atoms with Crippen LogP contribution in [0.3, 0.4) is 0 Å². The van der Waals surface area contributed by atoms with E-state index < -0.39 is 0 Å². The minimum atomic E-state index is -0.0213. The predicted octanol–water partition coefficient (Wildman–Crippen LogP) is 3.38. The molecule has 140 valence electrons. The van der Waals surface area contributed by atoms with E-state index in [0.29, 0.717) is 6.54 Å². The molecule has 5 nitrogen and oxygen atoms in total. The summed E-state index contributed by atoms with van der Waals surface area (Å²) in [5.74, 6) is 0.215. The van der Waals surface area contributed by atoms with E-state index in [4.69, 9.17) is 0 Å². The van der Waals surface area contributed by atoms with Crippen molar-refractivity contribution in [3.63, 3.8) is 0 Å². The summed E-state index contributed by atoms with van der Waals surface area (Å²) in [6.07, 6.45) is 5.29. The highest BCUT2D eigenvalue weighted by Crippen LogP contribution is 2.21. The maximum Gasteiger partial charge on any atom is 0.240 e. The first kappa shape index (κ1) is 18.6. The van der Waals surface area contributed by atoms with Gasteiger partial charge < -0.3 is 4.90 Å². The number of likely N-dealkylation sites (N-methyl/N-ethyl adjacent to an activating group) is 1. The first-order valence-corrected chi connectivity index (χ1v) is 9.73. The van der Waals surface area contributed by atoms with E-state index in [1.807, 2.05) is 18.0 Å². The van der Waals surface area contributed by atoms with Crippen LogP contribution in [0.25, 0.3) is 0 Å². The average Bonchev–Trinajstić information content (AvgIpc) is 3.10. The van der Waals surface area contributed by atoms with E-state index in [9.17, 15) is 4.79 Å². The van der Waals surface area contributed by atoms with Gasteiger partial charge in [-0.1, -0.05) is 50.1 Å². The monoisotopic (exact) mass is 354 g/mol. The lowest BCUT2D eigenvalue weighted by Crippen LogP contribution is -2.49. The van der Waals surface area contributed by atoms with Crippen LogP contribution in [-0.2, 0) is 24.3 Å². The minimum Gasteiger partial charge on any atom is -0.339 e. The van der Waals surface area contributed by atoms with Crippen LogP contribution in [0.2, 0.25) is 0 Å². The molecule has 1 saturated heterocycles. The van der Waals surface area contributed by atoms with Crippen LogP contribution in [-0.4, -0.2) is 45.5 Å². The first-order chi connectivity index (χ1) is 12.7. The summed E-state index contributed by atoms with van der Waals surface area (Å²) in [6, 6.07) is 12.5. The smallest absolute Gasteiger partial charge is 0.240 e. The molecule has 3 rings (SSSR count). The van der Waals surface area contributed by atoms with Gasteiger partial charge in [-0.2, -0.15) is 5.10 Å². The zero-order valence-electron chi connectivity index (χ0n) is 15.9.